The van der Waals surface area contributed by atoms with Gasteiger partial charge in [0, 0.05) is 32.7 Å². The van der Waals surface area contributed by atoms with Crippen molar-refractivity contribution >= 4 is 29.9 Å². The smallest absolute Gasteiger partial charge is 0.191 e. The van der Waals surface area contributed by atoms with E-state index in [-0.39, 0.29) is 30.5 Å². The first-order chi connectivity index (χ1) is 14.0. The number of hydrogen-bond acceptors (Lipinski definition) is 4. The van der Waals surface area contributed by atoms with Crippen LogP contribution in [0.4, 0.5) is 0 Å². The van der Waals surface area contributed by atoms with Crippen molar-refractivity contribution in [3.63, 3.8) is 0 Å². The van der Waals surface area contributed by atoms with E-state index in [1.54, 1.807) is 6.92 Å². The van der Waals surface area contributed by atoms with Crippen molar-refractivity contribution in [1.82, 2.24) is 15.5 Å². The minimum atomic E-state index is -1.13. The molecule has 0 radical (unpaired) electrons. The number of hydrogen-bond donors (Lipinski definition) is 3. The second kappa shape index (κ2) is 11.7. The third-order valence-corrected chi connectivity index (χ3v) is 5.31. The van der Waals surface area contributed by atoms with Crippen LogP contribution in [0.3, 0.4) is 0 Å². The summed E-state index contributed by atoms with van der Waals surface area (Å²) in [6.45, 7) is 10.7. The molecule has 0 bridgehead atoms. The first-order valence-electron chi connectivity index (χ1n) is 10.6. The van der Waals surface area contributed by atoms with Crippen molar-refractivity contribution in [2.45, 2.75) is 45.8 Å². The molecule has 166 valence electrons. The van der Waals surface area contributed by atoms with E-state index in [2.05, 4.69) is 44.8 Å². The molecule has 7 heteroatoms. The lowest BCUT2D eigenvalue weighted by Crippen LogP contribution is -2.40. The summed E-state index contributed by atoms with van der Waals surface area (Å²) in [5.74, 6) is 2.05. The van der Waals surface area contributed by atoms with Gasteiger partial charge in [-0.1, -0.05) is 24.3 Å². The van der Waals surface area contributed by atoms with Gasteiger partial charge in [-0.3, -0.25) is 4.90 Å². The average Bonchev–Trinajstić information content (AvgIpc) is 3.16. The molecule has 30 heavy (non-hydrogen) atoms. The third-order valence-electron chi connectivity index (χ3n) is 5.31. The van der Waals surface area contributed by atoms with E-state index in [9.17, 15) is 5.11 Å². The average molecular weight is 526 g/mol. The number of aryl methyl sites for hydroxylation is 1. The summed E-state index contributed by atoms with van der Waals surface area (Å²) in [4.78, 5) is 7.07. The molecule has 1 aromatic carbocycles. The monoisotopic (exact) mass is 526 g/mol. The number of nitrogens with one attached hydrogen (secondary N) is 2. The summed E-state index contributed by atoms with van der Waals surface area (Å²) in [7, 11) is 0. The van der Waals surface area contributed by atoms with Gasteiger partial charge in [-0.05, 0) is 56.9 Å². The molecule has 2 aromatic rings. The minimum Gasteiger partial charge on any atom is -0.463 e. The van der Waals surface area contributed by atoms with Crippen LogP contribution in [0.5, 0.6) is 0 Å². The molecule has 3 N–H and O–H groups in total. The maximum absolute atomic E-state index is 10.7. The molecule has 1 aliphatic rings. The van der Waals surface area contributed by atoms with Crippen molar-refractivity contribution in [3.8, 4) is 0 Å². The highest BCUT2D eigenvalue weighted by Gasteiger charge is 2.26. The van der Waals surface area contributed by atoms with Gasteiger partial charge < -0.3 is 20.2 Å². The number of benzene rings is 1. The van der Waals surface area contributed by atoms with E-state index < -0.39 is 5.60 Å². The van der Waals surface area contributed by atoms with Crippen LogP contribution >= 0.6 is 24.0 Å². The molecule has 1 aromatic heterocycles. The molecule has 0 aliphatic carbocycles. The number of fused-ring (bicyclic) bond motifs is 1. The zero-order valence-corrected chi connectivity index (χ0v) is 20.6. The molecule has 0 saturated carbocycles. The van der Waals surface area contributed by atoms with Crippen molar-refractivity contribution in [2.75, 3.05) is 32.7 Å². The van der Waals surface area contributed by atoms with Gasteiger partial charge in [0.15, 0.2) is 5.96 Å². The molecule has 0 amide bonds. The lowest BCUT2D eigenvalue weighted by Gasteiger charge is -2.28. The van der Waals surface area contributed by atoms with Gasteiger partial charge in [-0.25, -0.2) is 4.99 Å². The van der Waals surface area contributed by atoms with Gasteiger partial charge in [0.1, 0.15) is 17.1 Å². The van der Waals surface area contributed by atoms with E-state index in [0.717, 1.165) is 57.3 Å². The number of guanidine groups is 1. The van der Waals surface area contributed by atoms with E-state index in [1.807, 2.05) is 26.0 Å². The molecule has 2 heterocycles. The molecule has 3 rings (SSSR count). The Morgan fingerprint density at radius 2 is 1.97 bits per heavy atom. The van der Waals surface area contributed by atoms with Gasteiger partial charge in [-0.2, -0.15) is 0 Å². The van der Waals surface area contributed by atoms with E-state index in [1.165, 1.54) is 11.1 Å². The predicted molar refractivity (Wildman–Crippen MR) is 132 cm³/mol. The maximum Gasteiger partial charge on any atom is 0.191 e. The first-order valence-corrected chi connectivity index (χ1v) is 10.6. The van der Waals surface area contributed by atoms with Gasteiger partial charge in [-0.15, -0.1) is 24.0 Å². The summed E-state index contributed by atoms with van der Waals surface area (Å²) in [6.07, 6.45) is 2.18. The highest BCUT2D eigenvalue weighted by atomic mass is 127. The Balaban J connectivity index is 0.00000320. The molecule has 0 spiro atoms. The topological polar surface area (TPSA) is 73.0 Å². The van der Waals surface area contributed by atoms with Crippen LogP contribution < -0.4 is 10.6 Å². The number of nitrogens with zero attached hydrogens (tertiary/aromatic N) is 2. The maximum atomic E-state index is 10.7. The quantitative estimate of drug-likeness (QED) is 0.213. The van der Waals surface area contributed by atoms with Crippen LogP contribution in [0.25, 0.3) is 0 Å². The second-order valence-corrected chi connectivity index (χ2v) is 7.95. The van der Waals surface area contributed by atoms with E-state index in [0.29, 0.717) is 5.76 Å². The summed E-state index contributed by atoms with van der Waals surface area (Å²) in [5, 5.41) is 17.3. The Bertz CT molecular complexity index is 819. The fourth-order valence-electron chi connectivity index (χ4n) is 3.63. The summed E-state index contributed by atoms with van der Waals surface area (Å²) < 4.78 is 5.57. The molecule has 1 unspecified atom stereocenters. The third kappa shape index (κ3) is 6.99. The normalized spacial score (nSPS) is 16.3. The number of aliphatic imine (C=N–C) groups is 1. The van der Waals surface area contributed by atoms with Crippen molar-refractivity contribution in [3.05, 3.63) is 59.0 Å². The molecular formula is C23H35IN4O2. The SMILES string of the molecule is CCNC(=NCC(C)(O)c1ccc(C)o1)NCCCN1CCc2ccccc2C1.I. The Labute approximate surface area is 197 Å². The van der Waals surface area contributed by atoms with Crippen LogP contribution in [0.1, 0.15) is 42.9 Å². The number of furan rings is 1. The largest absolute Gasteiger partial charge is 0.463 e. The molecule has 0 saturated heterocycles. The zero-order chi connectivity index (χ0) is 20.7. The molecule has 6 nitrogen and oxygen atoms in total. The van der Waals surface area contributed by atoms with Crippen molar-refractivity contribution < 1.29 is 9.52 Å². The molecular weight excluding hydrogens is 491 g/mol. The first kappa shape index (κ1) is 24.7. The van der Waals surface area contributed by atoms with Crippen LogP contribution in [0.15, 0.2) is 45.8 Å². The second-order valence-electron chi connectivity index (χ2n) is 7.95. The lowest BCUT2D eigenvalue weighted by atomic mass is 10.00. The lowest BCUT2D eigenvalue weighted by molar-refractivity contribution is 0.0428. The fraction of sp³-hybridized carbons (Fsp3) is 0.522. The fourth-order valence-corrected chi connectivity index (χ4v) is 3.63. The Morgan fingerprint density at radius 1 is 1.20 bits per heavy atom. The van der Waals surface area contributed by atoms with Crippen molar-refractivity contribution in [2.24, 2.45) is 4.99 Å². The number of halogens is 1. The van der Waals surface area contributed by atoms with Crippen LogP contribution in [-0.2, 0) is 18.6 Å². The van der Waals surface area contributed by atoms with Gasteiger partial charge in [0.25, 0.3) is 0 Å². The van der Waals surface area contributed by atoms with Crippen LogP contribution in [0, 0.1) is 6.92 Å². The van der Waals surface area contributed by atoms with Gasteiger partial charge >= 0.3 is 0 Å². The summed E-state index contributed by atoms with van der Waals surface area (Å²) in [6, 6.07) is 12.4. The molecule has 1 atom stereocenters. The van der Waals surface area contributed by atoms with Gasteiger partial charge in [0.05, 0.1) is 6.54 Å². The Hall–Kier alpha value is -1.58. The zero-order valence-electron chi connectivity index (χ0n) is 18.3. The highest BCUT2D eigenvalue weighted by Crippen LogP contribution is 2.23. The number of rotatable bonds is 8. The predicted octanol–water partition coefficient (Wildman–Crippen LogP) is 3.42. The Morgan fingerprint density at radius 3 is 2.67 bits per heavy atom. The highest BCUT2D eigenvalue weighted by molar-refractivity contribution is 14.0. The standard InChI is InChI=1S/C23H34N4O2.HI/c1-4-24-22(26-17-23(3,28)21-11-10-18(2)29-21)25-13-7-14-27-15-12-19-8-5-6-9-20(19)16-27;/h5-6,8-11,28H,4,7,12-17H2,1-3H3,(H2,24,25,26);1H. The van der Waals surface area contributed by atoms with E-state index >= 15 is 0 Å². The summed E-state index contributed by atoms with van der Waals surface area (Å²) in [5.41, 5.74) is 1.82. The molecule has 0 fully saturated rings. The summed E-state index contributed by atoms with van der Waals surface area (Å²) >= 11 is 0. The van der Waals surface area contributed by atoms with Crippen molar-refractivity contribution in [1.29, 1.82) is 0 Å². The van der Waals surface area contributed by atoms with Crippen LogP contribution in [0.2, 0.25) is 0 Å². The molecule has 1 aliphatic heterocycles. The minimum absolute atomic E-state index is 0. The van der Waals surface area contributed by atoms with Gasteiger partial charge in [0.2, 0.25) is 0 Å². The Kier molecular flexibility index (Phi) is 9.64. The van der Waals surface area contributed by atoms with E-state index in [4.69, 9.17) is 4.42 Å². The number of aliphatic hydroxyl groups is 1. The van der Waals surface area contributed by atoms with Crippen LogP contribution in [-0.4, -0.2) is 48.7 Å².